The van der Waals surface area contributed by atoms with Gasteiger partial charge in [0.15, 0.2) is 0 Å². The lowest BCUT2D eigenvalue weighted by atomic mass is 10.0. The molecule has 0 aromatic heterocycles. The van der Waals surface area contributed by atoms with E-state index in [0.29, 0.717) is 6.42 Å². The Bertz CT molecular complexity index is 968. The molecule has 1 heterocycles. The molecule has 142 valence electrons. The van der Waals surface area contributed by atoms with E-state index in [-0.39, 0.29) is 35.4 Å². The maximum absolute atomic E-state index is 12.5. The Hall–Kier alpha value is -2.67. The summed E-state index contributed by atoms with van der Waals surface area (Å²) in [5, 5.41) is 2.92. The first kappa shape index (κ1) is 19.1. The average Bonchev–Trinajstić information content (AvgIpc) is 2.85. The zero-order valence-electron chi connectivity index (χ0n) is 15.3. The molecule has 0 aliphatic carbocycles. The minimum absolute atomic E-state index is 0.00139. The number of hydrogen-bond donors (Lipinski definition) is 1. The molecule has 2 aromatic rings. The second-order valence-corrected chi connectivity index (χ2v) is 8.40. The Kier molecular flexibility index (Phi) is 5.32. The maximum atomic E-state index is 12.5. The molecule has 0 saturated heterocycles. The first-order valence-electron chi connectivity index (χ1n) is 8.86. The SMILES string of the molecule is CC[C@@H](NC(=O)CCN1C(=O)c2ccccc2S1(=O)=O)c1ccc(C)cc1. The molecule has 0 bridgehead atoms. The summed E-state index contributed by atoms with van der Waals surface area (Å²) in [5.74, 6) is -0.870. The molecule has 1 aliphatic heterocycles. The van der Waals surface area contributed by atoms with Crippen molar-refractivity contribution in [3.8, 4) is 0 Å². The van der Waals surface area contributed by atoms with Gasteiger partial charge in [-0.2, -0.15) is 0 Å². The van der Waals surface area contributed by atoms with E-state index in [4.69, 9.17) is 0 Å². The highest BCUT2D eigenvalue weighted by atomic mass is 32.2. The number of carbonyl (C=O) groups excluding carboxylic acids is 2. The van der Waals surface area contributed by atoms with Gasteiger partial charge in [-0.3, -0.25) is 9.59 Å². The number of sulfonamides is 1. The van der Waals surface area contributed by atoms with Crippen molar-refractivity contribution in [2.45, 2.75) is 37.6 Å². The van der Waals surface area contributed by atoms with Gasteiger partial charge in [-0.1, -0.05) is 48.9 Å². The third kappa shape index (κ3) is 3.73. The van der Waals surface area contributed by atoms with Crippen molar-refractivity contribution in [2.24, 2.45) is 0 Å². The number of aryl methyl sites for hydroxylation is 1. The summed E-state index contributed by atoms with van der Waals surface area (Å²) in [4.78, 5) is 24.7. The van der Waals surface area contributed by atoms with Crippen molar-refractivity contribution >= 4 is 21.8 Å². The van der Waals surface area contributed by atoms with Crippen LogP contribution in [0.3, 0.4) is 0 Å². The number of benzene rings is 2. The van der Waals surface area contributed by atoms with Crippen LogP contribution in [-0.2, 0) is 14.8 Å². The van der Waals surface area contributed by atoms with Crippen molar-refractivity contribution in [3.05, 3.63) is 65.2 Å². The second kappa shape index (κ2) is 7.52. The zero-order valence-corrected chi connectivity index (χ0v) is 16.1. The molecule has 6 nitrogen and oxygen atoms in total. The van der Waals surface area contributed by atoms with Crippen LogP contribution in [0.5, 0.6) is 0 Å². The molecule has 2 aromatic carbocycles. The standard InChI is InChI=1S/C20H22N2O4S/c1-3-17(15-10-8-14(2)9-11-15)21-19(23)12-13-22-20(24)16-6-4-5-7-18(16)27(22,25)26/h4-11,17H,3,12-13H2,1-2H3,(H,21,23)/t17-/m1/s1. The molecule has 0 unspecified atom stereocenters. The summed E-state index contributed by atoms with van der Waals surface area (Å²) >= 11 is 0. The Morgan fingerprint density at radius 1 is 1.11 bits per heavy atom. The van der Waals surface area contributed by atoms with Gasteiger partial charge in [0.1, 0.15) is 4.90 Å². The van der Waals surface area contributed by atoms with Gasteiger partial charge < -0.3 is 5.32 Å². The number of nitrogens with one attached hydrogen (secondary N) is 1. The Morgan fingerprint density at radius 2 is 1.78 bits per heavy atom. The molecule has 0 saturated carbocycles. The lowest BCUT2D eigenvalue weighted by molar-refractivity contribution is -0.121. The zero-order chi connectivity index (χ0) is 19.6. The molecule has 1 N–H and O–H groups in total. The second-order valence-electron chi connectivity index (χ2n) is 6.57. The molecule has 7 heteroatoms. The summed E-state index contributed by atoms with van der Waals surface area (Å²) in [6.07, 6.45) is 0.627. The van der Waals surface area contributed by atoms with E-state index in [2.05, 4.69) is 5.32 Å². The first-order valence-corrected chi connectivity index (χ1v) is 10.3. The van der Waals surface area contributed by atoms with Crippen LogP contribution in [0, 0.1) is 6.92 Å². The average molecular weight is 386 g/mol. The Labute approximate surface area is 159 Å². The number of rotatable bonds is 6. The molecule has 3 rings (SSSR count). The smallest absolute Gasteiger partial charge is 0.269 e. The van der Waals surface area contributed by atoms with E-state index in [1.807, 2.05) is 38.1 Å². The van der Waals surface area contributed by atoms with Gasteiger partial charge in [0.25, 0.3) is 15.9 Å². The number of hydrogen-bond acceptors (Lipinski definition) is 4. The van der Waals surface area contributed by atoms with E-state index < -0.39 is 15.9 Å². The Morgan fingerprint density at radius 3 is 2.41 bits per heavy atom. The van der Waals surface area contributed by atoms with Crippen molar-refractivity contribution in [2.75, 3.05) is 6.54 Å². The highest BCUT2D eigenvalue weighted by Gasteiger charge is 2.40. The molecule has 1 aliphatic rings. The van der Waals surface area contributed by atoms with Crippen molar-refractivity contribution in [3.63, 3.8) is 0 Å². The van der Waals surface area contributed by atoms with Crippen LogP contribution in [0.1, 0.15) is 47.3 Å². The monoisotopic (exact) mass is 386 g/mol. The fourth-order valence-electron chi connectivity index (χ4n) is 3.14. The van der Waals surface area contributed by atoms with E-state index in [1.54, 1.807) is 12.1 Å². The van der Waals surface area contributed by atoms with E-state index in [1.165, 1.54) is 12.1 Å². The lowest BCUT2D eigenvalue weighted by Gasteiger charge is -2.19. The van der Waals surface area contributed by atoms with Crippen LogP contribution in [0.25, 0.3) is 0 Å². The predicted octanol–water partition coefficient (Wildman–Crippen LogP) is 2.80. The summed E-state index contributed by atoms with van der Waals surface area (Å²) in [6, 6.07) is 13.8. The summed E-state index contributed by atoms with van der Waals surface area (Å²) in [7, 11) is -3.88. The fourth-order valence-corrected chi connectivity index (χ4v) is 4.71. The van der Waals surface area contributed by atoms with Crippen LogP contribution >= 0.6 is 0 Å². The molecule has 0 spiro atoms. The van der Waals surface area contributed by atoms with Gasteiger partial charge in [-0.25, -0.2) is 12.7 Å². The van der Waals surface area contributed by atoms with Gasteiger partial charge in [0, 0.05) is 13.0 Å². The van der Waals surface area contributed by atoms with Gasteiger partial charge >= 0.3 is 0 Å². The number of nitrogens with zero attached hydrogens (tertiary/aromatic N) is 1. The summed E-state index contributed by atoms with van der Waals surface area (Å²) in [6.45, 7) is 3.79. The third-order valence-corrected chi connectivity index (χ3v) is 6.52. The molecular formula is C20H22N2O4S. The van der Waals surface area contributed by atoms with Crippen LogP contribution in [-0.4, -0.2) is 31.1 Å². The quantitative estimate of drug-likeness (QED) is 0.827. The topological polar surface area (TPSA) is 83.6 Å². The minimum atomic E-state index is -3.88. The van der Waals surface area contributed by atoms with Crippen molar-refractivity contribution < 1.29 is 18.0 Å². The van der Waals surface area contributed by atoms with Gasteiger partial charge in [-0.15, -0.1) is 0 Å². The normalized spacial score (nSPS) is 16.1. The predicted molar refractivity (Wildman–Crippen MR) is 102 cm³/mol. The van der Waals surface area contributed by atoms with Gasteiger partial charge in [0.2, 0.25) is 5.91 Å². The molecular weight excluding hydrogens is 364 g/mol. The molecule has 0 fully saturated rings. The maximum Gasteiger partial charge on any atom is 0.269 e. The van der Waals surface area contributed by atoms with Crippen molar-refractivity contribution in [1.82, 2.24) is 9.62 Å². The van der Waals surface area contributed by atoms with Crippen LogP contribution in [0.15, 0.2) is 53.4 Å². The largest absolute Gasteiger partial charge is 0.349 e. The summed E-state index contributed by atoms with van der Waals surface area (Å²) < 4.78 is 25.8. The highest BCUT2D eigenvalue weighted by molar-refractivity contribution is 7.90. The Balaban J connectivity index is 1.66. The van der Waals surface area contributed by atoms with Crippen molar-refractivity contribution in [1.29, 1.82) is 0 Å². The van der Waals surface area contributed by atoms with E-state index in [9.17, 15) is 18.0 Å². The van der Waals surface area contributed by atoms with E-state index in [0.717, 1.165) is 15.4 Å². The van der Waals surface area contributed by atoms with Crippen LogP contribution in [0.4, 0.5) is 0 Å². The number of amides is 2. The highest BCUT2D eigenvalue weighted by Crippen LogP contribution is 2.29. The van der Waals surface area contributed by atoms with Gasteiger partial charge in [-0.05, 0) is 31.0 Å². The molecule has 1 atom stereocenters. The fraction of sp³-hybridized carbons (Fsp3) is 0.300. The first-order chi connectivity index (χ1) is 12.8. The third-order valence-electron chi connectivity index (χ3n) is 4.68. The summed E-state index contributed by atoms with van der Waals surface area (Å²) in [5.41, 5.74) is 2.29. The molecule has 0 radical (unpaired) electrons. The van der Waals surface area contributed by atoms with Gasteiger partial charge in [0.05, 0.1) is 11.6 Å². The van der Waals surface area contributed by atoms with E-state index >= 15 is 0 Å². The van der Waals surface area contributed by atoms with Crippen LogP contribution in [0.2, 0.25) is 0 Å². The number of fused-ring (bicyclic) bond motifs is 1. The minimum Gasteiger partial charge on any atom is -0.349 e. The number of carbonyl (C=O) groups is 2. The molecule has 27 heavy (non-hydrogen) atoms. The molecule has 2 amide bonds. The lowest BCUT2D eigenvalue weighted by Crippen LogP contribution is -2.35. The van der Waals surface area contributed by atoms with Crippen LogP contribution < -0.4 is 5.32 Å².